The van der Waals surface area contributed by atoms with Gasteiger partial charge in [0.1, 0.15) is 0 Å². The van der Waals surface area contributed by atoms with E-state index in [1.54, 1.807) is 6.07 Å². The number of benzene rings is 1. The molecule has 19 heavy (non-hydrogen) atoms. The highest BCUT2D eigenvalue weighted by Gasteiger charge is 2.24. The number of hydrogen-bond acceptors (Lipinski definition) is 2. The fraction of sp³-hybridized carbons (Fsp3) is 0.562. The van der Waals surface area contributed by atoms with Crippen LogP contribution < -0.4 is 4.90 Å². The molecule has 1 aromatic carbocycles. The lowest BCUT2D eigenvalue weighted by Crippen LogP contribution is -2.35. The molecule has 1 aliphatic rings. The van der Waals surface area contributed by atoms with Gasteiger partial charge in [0.05, 0.1) is 22.3 Å². The Morgan fingerprint density at radius 2 is 2.00 bits per heavy atom. The smallest absolute Gasteiger partial charge is 0.0992 e. The second kappa shape index (κ2) is 6.30. The first-order valence-electron chi connectivity index (χ1n) is 7.08. The molecule has 0 aromatic heterocycles. The average molecular weight is 277 g/mol. The summed E-state index contributed by atoms with van der Waals surface area (Å²) in [6.45, 7) is 2.28. The summed E-state index contributed by atoms with van der Waals surface area (Å²) in [6, 6.07) is 8.26. The Labute approximate surface area is 121 Å². The summed E-state index contributed by atoms with van der Waals surface area (Å²) >= 11 is 6.29. The van der Waals surface area contributed by atoms with Crippen LogP contribution in [0.15, 0.2) is 18.2 Å². The second-order valence-electron chi connectivity index (χ2n) is 5.47. The monoisotopic (exact) mass is 276 g/mol. The maximum absolute atomic E-state index is 8.87. The van der Waals surface area contributed by atoms with Gasteiger partial charge < -0.3 is 4.90 Å². The number of rotatable bonds is 3. The summed E-state index contributed by atoms with van der Waals surface area (Å²) in [4.78, 5) is 2.29. The Morgan fingerprint density at radius 1 is 1.32 bits per heavy atom. The van der Waals surface area contributed by atoms with Gasteiger partial charge in [-0.3, -0.25) is 0 Å². The molecule has 0 saturated heterocycles. The van der Waals surface area contributed by atoms with Gasteiger partial charge in [-0.25, -0.2) is 0 Å². The molecule has 0 radical (unpaired) electrons. The van der Waals surface area contributed by atoms with Crippen molar-refractivity contribution in [1.29, 1.82) is 5.26 Å². The third kappa shape index (κ3) is 3.22. The summed E-state index contributed by atoms with van der Waals surface area (Å²) in [5, 5.41) is 9.55. The lowest BCUT2D eigenvalue weighted by Gasteiger charge is -2.36. The van der Waals surface area contributed by atoms with E-state index in [0.717, 1.165) is 11.6 Å². The average Bonchev–Trinajstić information content (AvgIpc) is 2.46. The molecule has 102 valence electrons. The van der Waals surface area contributed by atoms with Crippen molar-refractivity contribution < 1.29 is 0 Å². The van der Waals surface area contributed by atoms with Gasteiger partial charge in [0.2, 0.25) is 0 Å². The van der Waals surface area contributed by atoms with Crippen LogP contribution in [0.5, 0.6) is 0 Å². The molecule has 0 bridgehead atoms. The number of anilines is 1. The van der Waals surface area contributed by atoms with Gasteiger partial charge in [-0.05, 0) is 49.8 Å². The molecule has 1 aromatic rings. The van der Waals surface area contributed by atoms with Crippen LogP contribution in [0.2, 0.25) is 5.02 Å². The molecule has 2 nitrogen and oxygen atoms in total. The van der Waals surface area contributed by atoms with Crippen molar-refractivity contribution >= 4 is 17.3 Å². The van der Waals surface area contributed by atoms with Gasteiger partial charge in [0.15, 0.2) is 0 Å². The van der Waals surface area contributed by atoms with Crippen molar-refractivity contribution in [2.75, 3.05) is 11.9 Å². The first-order valence-corrected chi connectivity index (χ1v) is 7.46. The molecule has 0 N–H and O–H groups in total. The van der Waals surface area contributed by atoms with Crippen LogP contribution in [-0.2, 0) is 0 Å². The molecule has 3 heteroatoms. The quantitative estimate of drug-likeness (QED) is 0.806. The zero-order valence-electron chi connectivity index (χ0n) is 11.7. The normalized spacial score (nSPS) is 22.8. The summed E-state index contributed by atoms with van der Waals surface area (Å²) in [5.41, 5.74) is 1.66. The van der Waals surface area contributed by atoms with Gasteiger partial charge in [-0.2, -0.15) is 5.26 Å². The third-order valence-corrected chi connectivity index (χ3v) is 4.70. The lowest BCUT2D eigenvalue weighted by atomic mass is 9.84. The Hall–Kier alpha value is -1.20. The van der Waals surface area contributed by atoms with Crippen LogP contribution in [0.4, 0.5) is 5.69 Å². The number of nitriles is 1. The predicted molar refractivity (Wildman–Crippen MR) is 80.6 cm³/mol. The van der Waals surface area contributed by atoms with Crippen molar-refractivity contribution in [1.82, 2.24) is 0 Å². The Kier molecular flexibility index (Phi) is 4.71. The van der Waals surface area contributed by atoms with E-state index >= 15 is 0 Å². The van der Waals surface area contributed by atoms with Gasteiger partial charge in [-0.15, -0.1) is 0 Å². The lowest BCUT2D eigenvalue weighted by molar-refractivity contribution is 0.313. The minimum Gasteiger partial charge on any atom is -0.370 e. The van der Waals surface area contributed by atoms with Crippen LogP contribution in [0.1, 0.15) is 44.6 Å². The molecule has 0 aliphatic heterocycles. The van der Waals surface area contributed by atoms with Gasteiger partial charge in [0, 0.05) is 13.1 Å². The predicted octanol–water partition coefficient (Wildman–Crippen LogP) is 4.62. The summed E-state index contributed by atoms with van der Waals surface area (Å²) < 4.78 is 0. The fourth-order valence-corrected chi connectivity index (χ4v) is 3.31. The number of nitrogens with zero attached hydrogens (tertiary/aromatic N) is 2. The molecule has 0 amide bonds. The maximum Gasteiger partial charge on any atom is 0.0992 e. The van der Waals surface area contributed by atoms with E-state index in [0.29, 0.717) is 16.6 Å². The molecule has 0 unspecified atom stereocenters. The minimum absolute atomic E-state index is 0.577. The molecule has 0 spiro atoms. The topological polar surface area (TPSA) is 27.0 Å². The highest BCUT2D eigenvalue weighted by Crippen LogP contribution is 2.34. The summed E-state index contributed by atoms with van der Waals surface area (Å²) in [5.74, 6) is 0.904. The van der Waals surface area contributed by atoms with E-state index in [-0.39, 0.29) is 0 Å². The first-order chi connectivity index (χ1) is 9.15. The largest absolute Gasteiger partial charge is 0.370 e. The first kappa shape index (κ1) is 14.2. The molecule has 1 fully saturated rings. The highest BCUT2D eigenvalue weighted by molar-refractivity contribution is 6.33. The van der Waals surface area contributed by atoms with E-state index in [1.165, 1.54) is 32.1 Å². The van der Waals surface area contributed by atoms with Crippen LogP contribution in [0.25, 0.3) is 0 Å². The van der Waals surface area contributed by atoms with Crippen molar-refractivity contribution in [3.05, 3.63) is 28.8 Å². The van der Waals surface area contributed by atoms with Gasteiger partial charge >= 0.3 is 0 Å². The zero-order chi connectivity index (χ0) is 13.8. The van der Waals surface area contributed by atoms with E-state index in [2.05, 4.69) is 24.9 Å². The van der Waals surface area contributed by atoms with E-state index in [1.807, 2.05) is 12.1 Å². The van der Waals surface area contributed by atoms with Crippen LogP contribution in [0.3, 0.4) is 0 Å². The second-order valence-corrected chi connectivity index (χ2v) is 5.88. The Morgan fingerprint density at radius 3 is 2.53 bits per heavy atom. The Bertz CT molecular complexity index is 470. The number of hydrogen-bond donors (Lipinski definition) is 0. The molecule has 1 aliphatic carbocycles. The number of halogens is 1. The summed E-state index contributed by atoms with van der Waals surface area (Å²) in [7, 11) is 2.12. The minimum atomic E-state index is 0.577. The van der Waals surface area contributed by atoms with Crippen molar-refractivity contribution in [3.63, 3.8) is 0 Å². The molecule has 0 atom stereocenters. The van der Waals surface area contributed by atoms with E-state index < -0.39 is 0 Å². The molecule has 1 saturated carbocycles. The molecular weight excluding hydrogens is 256 g/mol. The van der Waals surface area contributed by atoms with E-state index in [9.17, 15) is 0 Å². The van der Waals surface area contributed by atoms with Crippen molar-refractivity contribution in [3.8, 4) is 6.07 Å². The van der Waals surface area contributed by atoms with Crippen LogP contribution >= 0.6 is 11.6 Å². The Balaban J connectivity index is 2.08. The third-order valence-electron chi connectivity index (χ3n) is 4.40. The van der Waals surface area contributed by atoms with Crippen molar-refractivity contribution in [2.45, 2.75) is 45.1 Å². The molecule has 0 heterocycles. The fourth-order valence-electron chi connectivity index (χ4n) is 3.00. The molecule has 2 rings (SSSR count). The van der Waals surface area contributed by atoms with Gasteiger partial charge in [0.25, 0.3) is 0 Å². The van der Waals surface area contributed by atoms with Crippen LogP contribution in [-0.4, -0.2) is 13.1 Å². The van der Waals surface area contributed by atoms with Gasteiger partial charge in [-0.1, -0.05) is 24.9 Å². The SMILES string of the molecule is CCC1CCC(N(C)c2ccc(C#N)cc2Cl)CC1. The van der Waals surface area contributed by atoms with E-state index in [4.69, 9.17) is 16.9 Å². The molecular formula is C16H21ClN2. The summed E-state index contributed by atoms with van der Waals surface area (Å²) in [6.07, 6.45) is 6.42. The van der Waals surface area contributed by atoms with Crippen LogP contribution in [0, 0.1) is 17.2 Å². The highest BCUT2D eigenvalue weighted by atomic mass is 35.5. The standard InChI is InChI=1S/C16H21ClN2/c1-3-12-4-7-14(8-5-12)19(2)16-9-6-13(11-18)10-15(16)17/h6,9-10,12,14H,3-5,7-8H2,1-2H3. The maximum atomic E-state index is 8.87. The zero-order valence-corrected chi connectivity index (χ0v) is 12.5. The van der Waals surface area contributed by atoms with Crippen molar-refractivity contribution in [2.24, 2.45) is 5.92 Å².